The molecule has 1 aromatic carbocycles. The lowest BCUT2D eigenvalue weighted by Gasteiger charge is -2.23. The van der Waals surface area contributed by atoms with Crippen LogP contribution in [0, 0.1) is 0 Å². The van der Waals surface area contributed by atoms with Crippen molar-refractivity contribution in [2.24, 2.45) is 0 Å². The van der Waals surface area contributed by atoms with E-state index in [-0.39, 0.29) is 11.8 Å². The third-order valence-corrected chi connectivity index (χ3v) is 3.28. The number of nitrogens with zero attached hydrogens (tertiary/aromatic N) is 1. The molecular formula is C15H23NO2. The zero-order chi connectivity index (χ0) is 13.5. The number of unbranched alkanes of at least 4 members (excludes halogenated alkanes) is 1. The van der Waals surface area contributed by atoms with Crippen molar-refractivity contribution in [3.8, 4) is 5.75 Å². The second-order valence-corrected chi connectivity index (χ2v) is 4.60. The maximum absolute atomic E-state index is 12.3. The Labute approximate surface area is 110 Å². The molecule has 0 N–H and O–H groups in total. The molecule has 0 radical (unpaired) electrons. The van der Waals surface area contributed by atoms with Crippen LogP contribution in [0.4, 0.5) is 0 Å². The molecule has 0 amide bonds. The molecule has 3 nitrogen and oxygen atoms in total. The molecule has 0 aliphatic carbocycles. The van der Waals surface area contributed by atoms with E-state index in [1.54, 1.807) is 7.11 Å². The summed E-state index contributed by atoms with van der Waals surface area (Å²) in [5.74, 6) is 0.940. The Kier molecular flexibility index (Phi) is 5.86. The van der Waals surface area contributed by atoms with Crippen molar-refractivity contribution >= 4 is 5.78 Å². The van der Waals surface area contributed by atoms with Gasteiger partial charge in [0.2, 0.25) is 0 Å². The van der Waals surface area contributed by atoms with Crippen molar-refractivity contribution in [3.63, 3.8) is 0 Å². The Hall–Kier alpha value is -1.35. The highest BCUT2D eigenvalue weighted by Crippen LogP contribution is 2.14. The molecule has 0 aliphatic heterocycles. The lowest BCUT2D eigenvalue weighted by molar-refractivity contribution is 0.0867. The van der Waals surface area contributed by atoms with E-state index in [2.05, 4.69) is 11.8 Å². The number of hydrogen-bond acceptors (Lipinski definition) is 3. The first-order valence-electron chi connectivity index (χ1n) is 6.48. The van der Waals surface area contributed by atoms with Gasteiger partial charge in [-0.3, -0.25) is 9.69 Å². The minimum Gasteiger partial charge on any atom is -0.497 e. The monoisotopic (exact) mass is 249 g/mol. The van der Waals surface area contributed by atoms with E-state index in [4.69, 9.17) is 4.74 Å². The molecule has 1 rings (SSSR count). The minimum atomic E-state index is -0.0788. The van der Waals surface area contributed by atoms with Crippen LogP contribution in [-0.2, 0) is 0 Å². The van der Waals surface area contributed by atoms with Crippen molar-refractivity contribution in [3.05, 3.63) is 29.8 Å². The highest BCUT2D eigenvalue weighted by molar-refractivity contribution is 5.99. The van der Waals surface area contributed by atoms with E-state index in [0.717, 1.165) is 30.7 Å². The molecule has 1 atom stereocenters. The Morgan fingerprint density at radius 2 is 1.94 bits per heavy atom. The summed E-state index contributed by atoms with van der Waals surface area (Å²) in [5, 5.41) is 0. The van der Waals surface area contributed by atoms with Gasteiger partial charge < -0.3 is 4.74 Å². The van der Waals surface area contributed by atoms with Crippen molar-refractivity contribution in [2.45, 2.75) is 32.7 Å². The molecule has 0 spiro atoms. The van der Waals surface area contributed by atoms with Crippen LogP contribution in [0.1, 0.15) is 37.0 Å². The molecule has 3 heteroatoms. The number of ether oxygens (including phenoxy) is 1. The Morgan fingerprint density at radius 1 is 1.33 bits per heavy atom. The van der Waals surface area contributed by atoms with Crippen LogP contribution in [0.3, 0.4) is 0 Å². The molecule has 0 aliphatic rings. The Bertz CT molecular complexity index is 373. The highest BCUT2D eigenvalue weighted by atomic mass is 16.5. The second-order valence-electron chi connectivity index (χ2n) is 4.60. The van der Waals surface area contributed by atoms with Crippen molar-refractivity contribution in [2.75, 3.05) is 20.7 Å². The lowest BCUT2D eigenvalue weighted by atomic mass is 10.0. The molecule has 0 saturated carbocycles. The molecule has 100 valence electrons. The summed E-state index contributed by atoms with van der Waals surface area (Å²) >= 11 is 0. The van der Waals surface area contributed by atoms with Crippen LogP contribution in [0.5, 0.6) is 5.75 Å². The maximum atomic E-state index is 12.3. The number of hydrogen-bond donors (Lipinski definition) is 0. The summed E-state index contributed by atoms with van der Waals surface area (Å²) in [6.07, 6.45) is 2.27. The average molecular weight is 249 g/mol. The van der Waals surface area contributed by atoms with Gasteiger partial charge in [0.05, 0.1) is 13.2 Å². The van der Waals surface area contributed by atoms with Gasteiger partial charge in [-0.05, 0) is 51.2 Å². The zero-order valence-electron chi connectivity index (χ0n) is 11.8. The van der Waals surface area contributed by atoms with Gasteiger partial charge in [-0.15, -0.1) is 0 Å². The SMILES string of the molecule is CCCCN(C)C(C)C(=O)c1ccc(OC)cc1. The van der Waals surface area contributed by atoms with Gasteiger partial charge in [0, 0.05) is 5.56 Å². The molecule has 1 unspecified atom stereocenters. The first kappa shape index (κ1) is 14.7. The molecule has 1 aromatic rings. The van der Waals surface area contributed by atoms with Crippen LogP contribution in [0.2, 0.25) is 0 Å². The fourth-order valence-electron chi connectivity index (χ4n) is 1.80. The molecule has 0 heterocycles. The van der Waals surface area contributed by atoms with Crippen molar-refractivity contribution < 1.29 is 9.53 Å². The third-order valence-electron chi connectivity index (χ3n) is 3.28. The van der Waals surface area contributed by atoms with Gasteiger partial charge in [0.1, 0.15) is 5.75 Å². The molecule has 0 saturated heterocycles. The third kappa shape index (κ3) is 3.84. The van der Waals surface area contributed by atoms with Gasteiger partial charge in [-0.1, -0.05) is 13.3 Å². The van der Waals surface area contributed by atoms with Gasteiger partial charge in [0.15, 0.2) is 5.78 Å². The van der Waals surface area contributed by atoms with E-state index < -0.39 is 0 Å². The normalized spacial score (nSPS) is 12.5. The fourth-order valence-corrected chi connectivity index (χ4v) is 1.80. The zero-order valence-corrected chi connectivity index (χ0v) is 11.8. The number of methoxy groups -OCH3 is 1. The highest BCUT2D eigenvalue weighted by Gasteiger charge is 2.18. The summed E-state index contributed by atoms with van der Waals surface area (Å²) in [6.45, 7) is 5.07. The lowest BCUT2D eigenvalue weighted by Crippen LogP contribution is -2.36. The summed E-state index contributed by atoms with van der Waals surface area (Å²) < 4.78 is 5.09. The summed E-state index contributed by atoms with van der Waals surface area (Å²) in [4.78, 5) is 14.4. The van der Waals surface area contributed by atoms with Gasteiger partial charge in [-0.2, -0.15) is 0 Å². The summed E-state index contributed by atoms with van der Waals surface area (Å²) in [6, 6.07) is 7.22. The number of rotatable bonds is 7. The number of ketones is 1. The number of Topliss-reactive ketones (excluding diaryl/α,β-unsaturated/α-hetero) is 1. The van der Waals surface area contributed by atoms with Crippen LogP contribution in [-0.4, -0.2) is 37.4 Å². The summed E-state index contributed by atoms with van der Waals surface area (Å²) in [5.41, 5.74) is 0.742. The number of carbonyl (C=O) groups is 1. The van der Waals surface area contributed by atoms with Crippen LogP contribution in [0.25, 0.3) is 0 Å². The molecular weight excluding hydrogens is 226 g/mol. The van der Waals surface area contributed by atoms with Crippen LogP contribution < -0.4 is 4.74 Å². The first-order chi connectivity index (χ1) is 8.60. The molecule has 0 aromatic heterocycles. The van der Waals surface area contributed by atoms with Crippen LogP contribution >= 0.6 is 0 Å². The van der Waals surface area contributed by atoms with Gasteiger partial charge >= 0.3 is 0 Å². The number of likely N-dealkylation sites (N-methyl/N-ethyl adjacent to an activating group) is 1. The van der Waals surface area contributed by atoms with E-state index in [9.17, 15) is 4.79 Å². The van der Waals surface area contributed by atoms with Crippen molar-refractivity contribution in [1.29, 1.82) is 0 Å². The van der Waals surface area contributed by atoms with E-state index in [0.29, 0.717) is 0 Å². The first-order valence-corrected chi connectivity index (χ1v) is 6.48. The predicted molar refractivity (Wildman–Crippen MR) is 74.3 cm³/mol. The van der Waals surface area contributed by atoms with E-state index in [1.807, 2.05) is 38.2 Å². The van der Waals surface area contributed by atoms with Crippen LogP contribution in [0.15, 0.2) is 24.3 Å². The van der Waals surface area contributed by atoms with Gasteiger partial charge in [0.25, 0.3) is 0 Å². The maximum Gasteiger partial charge on any atom is 0.179 e. The second kappa shape index (κ2) is 7.17. The largest absolute Gasteiger partial charge is 0.497 e. The quantitative estimate of drug-likeness (QED) is 0.696. The molecule has 0 fully saturated rings. The topological polar surface area (TPSA) is 29.5 Å². The predicted octanol–water partition coefficient (Wildman–Crippen LogP) is 3.00. The average Bonchev–Trinajstić information content (AvgIpc) is 2.43. The number of carbonyl (C=O) groups excluding carboxylic acids is 1. The van der Waals surface area contributed by atoms with E-state index >= 15 is 0 Å². The Balaban J connectivity index is 2.67. The number of benzene rings is 1. The smallest absolute Gasteiger partial charge is 0.179 e. The minimum absolute atomic E-state index is 0.0788. The molecule has 0 bridgehead atoms. The van der Waals surface area contributed by atoms with Gasteiger partial charge in [-0.25, -0.2) is 0 Å². The van der Waals surface area contributed by atoms with Crippen molar-refractivity contribution in [1.82, 2.24) is 4.90 Å². The summed E-state index contributed by atoms with van der Waals surface area (Å²) in [7, 11) is 3.62. The Morgan fingerprint density at radius 3 is 2.44 bits per heavy atom. The molecule has 18 heavy (non-hydrogen) atoms. The fraction of sp³-hybridized carbons (Fsp3) is 0.533. The van der Waals surface area contributed by atoms with E-state index in [1.165, 1.54) is 0 Å². The standard InChI is InChI=1S/C15H23NO2/c1-5-6-11-16(3)12(2)15(17)13-7-9-14(18-4)10-8-13/h7-10,12H,5-6,11H2,1-4H3.